The summed E-state index contributed by atoms with van der Waals surface area (Å²) in [5.74, 6) is -0.156. The molecule has 2 nitrogen and oxygen atoms in total. The van der Waals surface area contributed by atoms with Gasteiger partial charge < -0.3 is 0 Å². The Morgan fingerprint density at radius 2 is 1.56 bits per heavy atom. The van der Waals surface area contributed by atoms with E-state index in [1.165, 1.54) is 56.4 Å². The van der Waals surface area contributed by atoms with Crippen molar-refractivity contribution in [2.75, 3.05) is 0 Å². The zero-order chi connectivity index (χ0) is 22.5. The number of aromatic nitrogens is 2. The van der Waals surface area contributed by atoms with Crippen LogP contribution in [0.1, 0.15) is 64.5 Å². The van der Waals surface area contributed by atoms with Crippen LogP contribution in [0.2, 0.25) is 0 Å². The maximum Gasteiger partial charge on any atom is 0.159 e. The first-order valence-corrected chi connectivity index (χ1v) is 12.2. The molecule has 0 atom stereocenters. The van der Waals surface area contributed by atoms with E-state index in [9.17, 15) is 8.78 Å². The molecule has 0 radical (unpaired) electrons. The summed E-state index contributed by atoms with van der Waals surface area (Å²) in [6.45, 7) is 5.36. The molecule has 0 spiro atoms. The smallest absolute Gasteiger partial charge is 0.159 e. The van der Waals surface area contributed by atoms with E-state index >= 15 is 0 Å². The maximum atomic E-state index is 14.1. The predicted molar refractivity (Wildman–Crippen MR) is 127 cm³/mol. The van der Waals surface area contributed by atoms with E-state index in [2.05, 4.69) is 30.7 Å². The Bertz CT molecular complexity index is 1020. The Balaban J connectivity index is 1.73. The first kappa shape index (κ1) is 22.7. The lowest BCUT2D eigenvalue weighted by molar-refractivity contribution is 0.235. The zero-order valence-electron chi connectivity index (χ0n) is 19.3. The lowest BCUT2D eigenvalue weighted by atomic mass is 9.80. The fourth-order valence-corrected chi connectivity index (χ4v) is 5.25. The Labute approximate surface area is 190 Å². The molecule has 0 N–H and O–H groups in total. The van der Waals surface area contributed by atoms with Gasteiger partial charge in [-0.05, 0) is 54.9 Å². The van der Waals surface area contributed by atoms with Gasteiger partial charge in [0.25, 0.3) is 0 Å². The van der Waals surface area contributed by atoms with Crippen LogP contribution in [0.3, 0.4) is 0 Å². The van der Waals surface area contributed by atoms with Gasteiger partial charge >= 0.3 is 0 Å². The fraction of sp³-hybridized carbons (Fsp3) is 0.464. The lowest BCUT2D eigenvalue weighted by Gasteiger charge is -2.28. The summed E-state index contributed by atoms with van der Waals surface area (Å²) in [5, 5.41) is 5.02. The van der Waals surface area contributed by atoms with E-state index in [0.717, 1.165) is 42.1 Å². The zero-order valence-corrected chi connectivity index (χ0v) is 19.3. The van der Waals surface area contributed by atoms with Gasteiger partial charge in [0.2, 0.25) is 0 Å². The van der Waals surface area contributed by atoms with Crippen molar-refractivity contribution in [1.29, 1.82) is 0 Å². The molecule has 1 aliphatic carbocycles. The van der Waals surface area contributed by atoms with Gasteiger partial charge in [0, 0.05) is 23.4 Å². The highest BCUT2D eigenvalue weighted by Crippen LogP contribution is 2.38. The molecule has 1 saturated carbocycles. The van der Waals surface area contributed by atoms with Crippen LogP contribution < -0.4 is 0 Å². The second-order valence-corrected chi connectivity index (χ2v) is 9.27. The highest BCUT2D eigenvalue weighted by atomic mass is 19.2. The van der Waals surface area contributed by atoms with Gasteiger partial charge in [0.15, 0.2) is 11.6 Å². The first-order valence-electron chi connectivity index (χ1n) is 12.2. The van der Waals surface area contributed by atoms with Crippen molar-refractivity contribution in [2.24, 2.45) is 11.8 Å². The second kappa shape index (κ2) is 10.4. The fourth-order valence-electron chi connectivity index (χ4n) is 5.25. The number of halogens is 2. The van der Waals surface area contributed by atoms with E-state index < -0.39 is 11.6 Å². The second-order valence-electron chi connectivity index (χ2n) is 9.27. The van der Waals surface area contributed by atoms with Crippen molar-refractivity contribution in [2.45, 2.75) is 71.8 Å². The molecule has 0 bridgehead atoms. The summed E-state index contributed by atoms with van der Waals surface area (Å²) in [4.78, 5) is 0. The van der Waals surface area contributed by atoms with Crippen LogP contribution in [0.5, 0.6) is 0 Å². The number of hydrogen-bond acceptors (Lipinski definition) is 1. The average molecular weight is 437 g/mol. The minimum atomic E-state index is -0.831. The molecular formula is C28H34F2N2. The van der Waals surface area contributed by atoms with Crippen LogP contribution in [0.15, 0.2) is 48.5 Å². The number of hydrogen-bond donors (Lipinski definition) is 0. The average Bonchev–Trinajstić information content (AvgIpc) is 3.16. The third kappa shape index (κ3) is 4.95. The Hall–Kier alpha value is -2.49. The molecule has 2 aromatic carbocycles. The molecule has 170 valence electrons. The quantitative estimate of drug-likeness (QED) is 0.349. The Kier molecular flexibility index (Phi) is 7.39. The normalized spacial score (nSPS) is 18.8. The van der Waals surface area contributed by atoms with Crippen LogP contribution in [0.25, 0.3) is 22.4 Å². The highest BCUT2D eigenvalue weighted by Gasteiger charge is 2.25. The molecule has 0 saturated heterocycles. The van der Waals surface area contributed by atoms with E-state index in [-0.39, 0.29) is 0 Å². The molecule has 1 aromatic heterocycles. The molecule has 3 aromatic rings. The minimum Gasteiger partial charge on any atom is -0.268 e. The van der Waals surface area contributed by atoms with Gasteiger partial charge in [0.05, 0.1) is 0 Å². The number of rotatable bonds is 8. The largest absolute Gasteiger partial charge is 0.268 e. The van der Waals surface area contributed by atoms with Crippen molar-refractivity contribution in [1.82, 2.24) is 9.78 Å². The molecule has 0 amide bonds. The van der Waals surface area contributed by atoms with Crippen LogP contribution in [-0.4, -0.2) is 9.78 Å². The summed E-state index contributed by atoms with van der Waals surface area (Å²) >= 11 is 0. The topological polar surface area (TPSA) is 17.8 Å². The molecule has 0 unspecified atom stereocenters. The van der Waals surface area contributed by atoms with Crippen molar-refractivity contribution in [3.8, 4) is 22.4 Å². The minimum absolute atomic E-state index is 0.625. The monoisotopic (exact) mass is 436 g/mol. The molecule has 1 fully saturated rings. The molecule has 4 heteroatoms. The molecule has 1 aliphatic rings. The van der Waals surface area contributed by atoms with Crippen LogP contribution in [0.4, 0.5) is 8.78 Å². The third-order valence-corrected chi connectivity index (χ3v) is 6.89. The molecule has 0 aliphatic heterocycles. The maximum absolute atomic E-state index is 14.1. The molecule has 32 heavy (non-hydrogen) atoms. The van der Waals surface area contributed by atoms with Gasteiger partial charge in [-0.3, -0.25) is 4.68 Å². The van der Waals surface area contributed by atoms with E-state index in [1.807, 2.05) is 18.2 Å². The summed E-state index contributed by atoms with van der Waals surface area (Å²) in [7, 11) is 0. The van der Waals surface area contributed by atoms with Crippen molar-refractivity contribution < 1.29 is 8.78 Å². The van der Waals surface area contributed by atoms with E-state index in [0.29, 0.717) is 11.5 Å². The van der Waals surface area contributed by atoms with Crippen LogP contribution in [-0.2, 0) is 13.0 Å². The number of nitrogens with zero attached hydrogens (tertiary/aromatic N) is 2. The van der Waals surface area contributed by atoms with E-state index in [1.54, 1.807) is 6.07 Å². The summed E-state index contributed by atoms with van der Waals surface area (Å²) < 4.78 is 29.9. The number of benzene rings is 2. The Morgan fingerprint density at radius 3 is 2.22 bits per heavy atom. The van der Waals surface area contributed by atoms with Crippen LogP contribution >= 0.6 is 0 Å². The highest BCUT2D eigenvalue weighted by molar-refractivity contribution is 5.82. The molecule has 4 rings (SSSR count). The Morgan fingerprint density at radius 1 is 0.844 bits per heavy atom. The van der Waals surface area contributed by atoms with Gasteiger partial charge in [-0.2, -0.15) is 5.10 Å². The van der Waals surface area contributed by atoms with Crippen molar-refractivity contribution in [3.05, 3.63) is 65.9 Å². The standard InChI is InChI=1S/C28H34F2N2/c1-3-8-20-12-14-21(15-13-20)19-32-26(9-4-2)27(22-10-6-5-7-11-22)28(31-32)23-16-17-24(29)25(30)18-23/h5-7,10-11,16-18,20-21H,3-4,8-9,12-15,19H2,1-2H3. The van der Waals surface area contributed by atoms with Gasteiger partial charge in [-0.15, -0.1) is 0 Å². The van der Waals surface area contributed by atoms with Gasteiger partial charge in [0.1, 0.15) is 5.69 Å². The van der Waals surface area contributed by atoms with Crippen molar-refractivity contribution >= 4 is 0 Å². The first-order chi connectivity index (χ1) is 15.6. The molecular weight excluding hydrogens is 402 g/mol. The summed E-state index contributed by atoms with van der Waals surface area (Å²) in [6, 6.07) is 14.3. The third-order valence-electron chi connectivity index (χ3n) is 6.89. The van der Waals surface area contributed by atoms with Crippen LogP contribution in [0, 0.1) is 23.5 Å². The SMILES string of the molecule is CCCc1c(-c2ccccc2)c(-c2ccc(F)c(F)c2)nn1CC1CCC(CCC)CC1. The molecule has 1 heterocycles. The van der Waals surface area contributed by atoms with Gasteiger partial charge in [-0.1, -0.05) is 76.3 Å². The van der Waals surface area contributed by atoms with Gasteiger partial charge in [-0.25, -0.2) is 8.78 Å². The van der Waals surface area contributed by atoms with Crippen molar-refractivity contribution in [3.63, 3.8) is 0 Å². The summed E-state index contributed by atoms with van der Waals surface area (Å²) in [6.07, 6.45) is 9.64. The van der Waals surface area contributed by atoms with E-state index in [4.69, 9.17) is 5.10 Å². The lowest BCUT2D eigenvalue weighted by Crippen LogP contribution is -2.20. The predicted octanol–water partition coefficient (Wildman–Crippen LogP) is 8.05. The summed E-state index contributed by atoms with van der Waals surface area (Å²) in [5.41, 5.74) is 4.71.